The Morgan fingerprint density at radius 3 is 0.844 bits per heavy atom. The van der Waals surface area contributed by atoms with Crippen LogP contribution in [0.25, 0.3) is 0 Å². The Bertz CT molecular complexity index is 1330. The third-order valence-electron chi connectivity index (χ3n) is 5.33. The fourth-order valence-electron chi connectivity index (χ4n) is 3.11. The summed E-state index contributed by atoms with van der Waals surface area (Å²) in [4.78, 5) is 110. The maximum Gasteiger partial charge on any atom is 0.345 e. The molecule has 1 heterocycles. The van der Waals surface area contributed by atoms with Gasteiger partial charge in [0.05, 0.1) is 39.5 Å². The van der Waals surface area contributed by atoms with Gasteiger partial charge >= 0.3 is 52.9 Å². The fraction of sp³-hybridized carbons (Fsp3) is 0.444. The van der Waals surface area contributed by atoms with Crippen molar-refractivity contribution < 1.29 is 57.2 Å². The first kappa shape index (κ1) is 37.5. The smallest absolute Gasteiger partial charge is 0.345 e. The molecular weight excluding hydrogens is 606 g/mol. The van der Waals surface area contributed by atoms with Gasteiger partial charge in [-0.25, -0.2) is 56.9 Å². The summed E-state index contributed by atoms with van der Waals surface area (Å²) in [7, 11) is 0. The first-order valence-corrected chi connectivity index (χ1v) is 13.3. The molecule has 0 saturated carbocycles. The second-order valence-electron chi connectivity index (χ2n) is 8.31. The van der Waals surface area contributed by atoms with Crippen LogP contribution in [0.4, 0.5) is 0 Å². The molecule has 0 bridgehead atoms. The Balaban J connectivity index is 3.25. The van der Waals surface area contributed by atoms with Crippen molar-refractivity contribution in [3.8, 4) is 0 Å². The standard InChI is InChI=1S/C27H33N3O15/c1-7-40-19(31)16(4)22(34)43-13-10-28-25(37)29(11-14-44-23(35)17(5)20(32)41-8-2)27(39)30(26(28)38)12-15-45-24(36)18(6)21(33)42-9-3/h4-15H2,1-3H3. The van der Waals surface area contributed by atoms with Crippen molar-refractivity contribution in [1.82, 2.24) is 13.7 Å². The van der Waals surface area contributed by atoms with Gasteiger partial charge < -0.3 is 28.4 Å². The van der Waals surface area contributed by atoms with Gasteiger partial charge in [-0.1, -0.05) is 19.7 Å². The van der Waals surface area contributed by atoms with E-state index in [2.05, 4.69) is 33.9 Å². The summed E-state index contributed by atoms with van der Waals surface area (Å²) >= 11 is 0. The van der Waals surface area contributed by atoms with Crippen LogP contribution in [0.3, 0.4) is 0 Å². The summed E-state index contributed by atoms with van der Waals surface area (Å²) in [5, 5.41) is 0. The first-order valence-electron chi connectivity index (χ1n) is 13.3. The maximum absolute atomic E-state index is 13.1. The molecule has 0 aliphatic rings. The number of hydrogen-bond donors (Lipinski definition) is 0. The molecule has 0 N–H and O–H groups in total. The summed E-state index contributed by atoms with van der Waals surface area (Å²) < 4.78 is 30.0. The van der Waals surface area contributed by atoms with Gasteiger partial charge in [0.15, 0.2) is 0 Å². The molecular formula is C27H33N3O15. The molecule has 0 aliphatic heterocycles. The average Bonchev–Trinajstić information content (AvgIpc) is 3.00. The van der Waals surface area contributed by atoms with E-state index in [9.17, 15) is 43.2 Å². The highest BCUT2D eigenvalue weighted by Gasteiger charge is 2.23. The van der Waals surface area contributed by atoms with E-state index >= 15 is 0 Å². The van der Waals surface area contributed by atoms with Crippen LogP contribution in [-0.2, 0) is 76.8 Å². The molecule has 0 unspecified atom stereocenters. The highest BCUT2D eigenvalue weighted by molar-refractivity contribution is 6.14. The number of nitrogens with zero attached hydrogens (tertiary/aromatic N) is 3. The molecule has 45 heavy (non-hydrogen) atoms. The Kier molecular flexibility index (Phi) is 15.1. The minimum atomic E-state index is -1.21. The summed E-state index contributed by atoms with van der Waals surface area (Å²) in [6.07, 6.45) is 0. The molecule has 1 aromatic rings. The van der Waals surface area contributed by atoms with Gasteiger partial charge in [0.2, 0.25) is 0 Å². The van der Waals surface area contributed by atoms with Gasteiger partial charge in [0.25, 0.3) is 0 Å². The second-order valence-corrected chi connectivity index (χ2v) is 8.31. The van der Waals surface area contributed by atoms with Crippen LogP contribution in [0.5, 0.6) is 0 Å². The molecule has 18 nitrogen and oxygen atoms in total. The molecule has 0 aromatic carbocycles. The average molecular weight is 640 g/mol. The van der Waals surface area contributed by atoms with Crippen molar-refractivity contribution in [3.63, 3.8) is 0 Å². The van der Waals surface area contributed by atoms with E-state index < -0.39 is 109 Å². The fourth-order valence-corrected chi connectivity index (χ4v) is 3.11. The normalized spacial score (nSPS) is 10.2. The number of carbonyl (C=O) groups excluding carboxylic acids is 6. The van der Waals surface area contributed by atoms with E-state index in [1.165, 1.54) is 20.8 Å². The third-order valence-corrected chi connectivity index (χ3v) is 5.33. The van der Waals surface area contributed by atoms with Crippen molar-refractivity contribution in [2.75, 3.05) is 39.6 Å². The summed E-state index contributed by atoms with van der Waals surface area (Å²) in [5.74, 6) is -6.73. The summed E-state index contributed by atoms with van der Waals surface area (Å²) in [6, 6.07) is 0. The highest BCUT2D eigenvalue weighted by Crippen LogP contribution is 2.01. The molecule has 246 valence electrons. The van der Waals surface area contributed by atoms with Crippen LogP contribution >= 0.6 is 0 Å². The summed E-state index contributed by atoms with van der Waals surface area (Å²) in [6.45, 7) is 10.3. The Morgan fingerprint density at radius 2 is 0.644 bits per heavy atom. The molecule has 0 amide bonds. The first-order chi connectivity index (χ1) is 21.2. The van der Waals surface area contributed by atoms with Gasteiger partial charge in [-0.2, -0.15) is 0 Å². The van der Waals surface area contributed by atoms with E-state index in [1.807, 2.05) is 0 Å². The van der Waals surface area contributed by atoms with Gasteiger partial charge in [-0.15, -0.1) is 0 Å². The SMILES string of the molecule is C=C(C(=O)OCC)C(=O)OCCn1c(=O)n(CCOC(=O)C(=C)C(=O)OCC)c(=O)n(CCOC(=O)C(=C)C(=O)OCC)c1=O. The van der Waals surface area contributed by atoms with Crippen LogP contribution in [0.15, 0.2) is 50.8 Å². The van der Waals surface area contributed by atoms with Gasteiger partial charge in [-0.3, -0.25) is 0 Å². The zero-order chi connectivity index (χ0) is 34.3. The van der Waals surface area contributed by atoms with E-state index in [-0.39, 0.29) is 19.8 Å². The number of esters is 6. The predicted octanol–water partition coefficient (Wildman–Crippen LogP) is -1.84. The zero-order valence-electron chi connectivity index (χ0n) is 25.0. The van der Waals surface area contributed by atoms with Crippen LogP contribution < -0.4 is 17.1 Å². The van der Waals surface area contributed by atoms with Crippen LogP contribution in [-0.4, -0.2) is 89.2 Å². The lowest BCUT2D eigenvalue weighted by molar-refractivity contribution is -0.148. The predicted molar refractivity (Wildman–Crippen MR) is 149 cm³/mol. The topological polar surface area (TPSA) is 224 Å². The zero-order valence-corrected chi connectivity index (χ0v) is 25.0. The van der Waals surface area contributed by atoms with Crippen molar-refractivity contribution in [1.29, 1.82) is 0 Å². The second kappa shape index (κ2) is 18.2. The Hall–Kier alpha value is -5.55. The van der Waals surface area contributed by atoms with E-state index in [0.29, 0.717) is 13.7 Å². The molecule has 0 spiro atoms. The van der Waals surface area contributed by atoms with Crippen LogP contribution in [0.2, 0.25) is 0 Å². The molecule has 18 heteroatoms. The minimum absolute atomic E-state index is 0.0416. The van der Waals surface area contributed by atoms with E-state index in [4.69, 9.17) is 14.2 Å². The lowest BCUT2D eigenvalue weighted by Gasteiger charge is -2.15. The molecule has 0 atom stereocenters. The van der Waals surface area contributed by atoms with Gasteiger partial charge in [0, 0.05) is 0 Å². The van der Waals surface area contributed by atoms with Crippen molar-refractivity contribution >= 4 is 35.8 Å². The molecule has 0 fully saturated rings. The Labute approximate surface area is 255 Å². The number of carbonyl (C=O) groups is 6. The van der Waals surface area contributed by atoms with Gasteiger partial charge in [0.1, 0.15) is 36.5 Å². The lowest BCUT2D eigenvalue weighted by Crippen LogP contribution is -2.55. The lowest BCUT2D eigenvalue weighted by atomic mass is 10.3. The number of rotatable bonds is 18. The van der Waals surface area contributed by atoms with E-state index in [1.54, 1.807) is 0 Å². The van der Waals surface area contributed by atoms with E-state index in [0.717, 1.165) is 0 Å². The van der Waals surface area contributed by atoms with Crippen molar-refractivity contribution in [2.24, 2.45) is 0 Å². The number of hydrogen-bond acceptors (Lipinski definition) is 15. The minimum Gasteiger partial charge on any atom is -0.462 e. The quantitative estimate of drug-likeness (QED) is 0.0566. The maximum atomic E-state index is 13.1. The number of aromatic nitrogens is 3. The van der Waals surface area contributed by atoms with Crippen molar-refractivity contribution in [3.05, 3.63) is 67.9 Å². The van der Waals surface area contributed by atoms with Crippen LogP contribution in [0.1, 0.15) is 20.8 Å². The monoisotopic (exact) mass is 639 g/mol. The van der Waals surface area contributed by atoms with Gasteiger partial charge in [-0.05, 0) is 20.8 Å². The Morgan fingerprint density at radius 1 is 0.444 bits per heavy atom. The number of ether oxygens (including phenoxy) is 6. The molecule has 0 aliphatic carbocycles. The van der Waals surface area contributed by atoms with Crippen molar-refractivity contribution in [2.45, 2.75) is 40.4 Å². The highest BCUT2D eigenvalue weighted by atomic mass is 16.6. The molecule has 0 radical (unpaired) electrons. The molecule has 1 rings (SSSR count). The molecule has 0 saturated heterocycles. The third kappa shape index (κ3) is 10.6. The summed E-state index contributed by atoms with van der Waals surface area (Å²) in [5.41, 5.74) is -5.59. The largest absolute Gasteiger partial charge is 0.462 e. The molecule has 1 aromatic heterocycles. The van der Waals surface area contributed by atoms with Crippen LogP contribution in [0, 0.1) is 0 Å².